The van der Waals surface area contributed by atoms with E-state index in [0.29, 0.717) is 27.8 Å². The Kier molecular flexibility index (Phi) is 5.69. The van der Waals surface area contributed by atoms with E-state index >= 15 is 0 Å². The molecule has 198 valence electrons. The van der Waals surface area contributed by atoms with Crippen LogP contribution in [0.25, 0.3) is 50.1 Å². The van der Waals surface area contributed by atoms with E-state index < -0.39 is 5.92 Å². The molecule has 0 saturated heterocycles. The third kappa shape index (κ3) is 4.11. The molecule has 1 aliphatic heterocycles. The lowest BCUT2D eigenvalue weighted by molar-refractivity contribution is 0.610. The van der Waals surface area contributed by atoms with Crippen LogP contribution in [-0.2, 0) is 0 Å². The van der Waals surface area contributed by atoms with Crippen LogP contribution in [0.15, 0.2) is 86.6 Å². The van der Waals surface area contributed by atoms with E-state index in [1.54, 1.807) is 30.3 Å². The highest BCUT2D eigenvalue weighted by molar-refractivity contribution is 5.76. The van der Waals surface area contributed by atoms with Crippen molar-refractivity contribution in [2.75, 3.05) is 0 Å². The van der Waals surface area contributed by atoms with Crippen molar-refractivity contribution < 1.29 is 4.42 Å². The van der Waals surface area contributed by atoms with Crippen molar-refractivity contribution >= 4 is 22.1 Å². The van der Waals surface area contributed by atoms with Gasteiger partial charge in [0.25, 0.3) is 5.89 Å². The van der Waals surface area contributed by atoms with Crippen molar-refractivity contribution in [1.82, 2.24) is 29.9 Å². The number of rotatable bonds is 4. The first kappa shape index (κ1) is 24.9. The fourth-order valence-electron chi connectivity index (χ4n) is 4.61. The van der Waals surface area contributed by atoms with Crippen LogP contribution in [0.5, 0.6) is 0 Å². The zero-order chi connectivity index (χ0) is 29.5. The number of imidazole rings is 1. The van der Waals surface area contributed by atoms with Crippen molar-refractivity contribution in [2.24, 2.45) is 9.98 Å². The van der Waals surface area contributed by atoms with Gasteiger partial charge in [-0.15, -0.1) is 0 Å². The van der Waals surface area contributed by atoms with Crippen LogP contribution in [0, 0.1) is 40.6 Å². The average molecular weight is 557 g/mol. The predicted octanol–water partition coefficient (Wildman–Crippen LogP) is 3.62. The van der Waals surface area contributed by atoms with E-state index in [1.165, 1.54) is 0 Å². The van der Waals surface area contributed by atoms with Crippen molar-refractivity contribution in [3.63, 3.8) is 0 Å². The van der Waals surface area contributed by atoms with E-state index in [9.17, 15) is 15.8 Å². The molecule has 0 saturated carbocycles. The molecule has 4 heterocycles. The molecule has 3 aromatic heterocycles. The maximum absolute atomic E-state index is 10.3. The zero-order valence-corrected chi connectivity index (χ0v) is 21.7. The molecule has 0 bridgehead atoms. The Labute approximate surface area is 240 Å². The van der Waals surface area contributed by atoms with Gasteiger partial charge in [-0.2, -0.15) is 10.5 Å². The van der Waals surface area contributed by atoms with E-state index in [1.807, 2.05) is 36.4 Å². The summed E-state index contributed by atoms with van der Waals surface area (Å²) >= 11 is 0. The Hall–Kier alpha value is -7.09. The van der Waals surface area contributed by atoms with Gasteiger partial charge in [-0.05, 0) is 36.4 Å². The molecule has 1 aliphatic rings. The number of aromatic amines is 1. The Bertz CT molecular complexity index is 2400. The minimum Gasteiger partial charge on any atom is -0.434 e. The molecule has 7 rings (SSSR count). The Morgan fingerprint density at radius 1 is 0.860 bits per heavy atom. The fraction of sp³-hybridized carbons (Fsp3) is 0.0333. The van der Waals surface area contributed by atoms with Gasteiger partial charge in [0.05, 0.1) is 40.7 Å². The number of oxazole rings is 1. The number of H-pyrrole nitrogens is 1. The average Bonchev–Trinajstić information content (AvgIpc) is 3.78. The first-order chi connectivity index (χ1) is 21.1. The van der Waals surface area contributed by atoms with Gasteiger partial charge in [0.2, 0.25) is 5.82 Å². The molecule has 1 N–H and O–H groups in total. The summed E-state index contributed by atoms with van der Waals surface area (Å²) in [6.45, 7) is 7.22. The summed E-state index contributed by atoms with van der Waals surface area (Å²) in [6.07, 6.45) is 0. The molecular weight excluding hydrogens is 544 g/mol. The number of hydrogen-bond donors (Lipinski definition) is 1. The molecule has 6 aromatic rings. The van der Waals surface area contributed by atoms with Gasteiger partial charge in [-0.1, -0.05) is 24.3 Å². The minimum atomic E-state index is -1.04. The summed E-state index contributed by atoms with van der Waals surface area (Å²) in [4.78, 5) is 37.7. The van der Waals surface area contributed by atoms with Crippen LogP contribution in [0.3, 0.4) is 0 Å². The molecule has 0 radical (unpaired) electrons. The van der Waals surface area contributed by atoms with Gasteiger partial charge in [-0.25, -0.2) is 45.0 Å². The number of para-hydroxylation sites is 4. The smallest absolute Gasteiger partial charge is 0.305 e. The number of nitrogens with one attached hydrogen (secondary N) is 1. The third-order valence-electron chi connectivity index (χ3n) is 6.59. The quantitative estimate of drug-likeness (QED) is 0.249. The van der Waals surface area contributed by atoms with Gasteiger partial charge in [0.1, 0.15) is 22.8 Å². The summed E-state index contributed by atoms with van der Waals surface area (Å²) in [6, 6.07) is 23.8. The number of allylic oxidation sites excluding steroid dienone is 1. The molecular formula is C30H12N12O. The van der Waals surface area contributed by atoms with Gasteiger partial charge in [-0.3, -0.25) is 0 Å². The second-order valence-electron chi connectivity index (χ2n) is 9.12. The lowest BCUT2D eigenvalue weighted by Crippen LogP contribution is -2.26. The third-order valence-corrected chi connectivity index (χ3v) is 6.59. The fourth-order valence-corrected chi connectivity index (χ4v) is 4.61. The second kappa shape index (κ2) is 9.83. The predicted molar refractivity (Wildman–Crippen MR) is 148 cm³/mol. The van der Waals surface area contributed by atoms with Crippen LogP contribution >= 0.6 is 0 Å². The maximum Gasteiger partial charge on any atom is 0.305 e. The Morgan fingerprint density at radius 2 is 1.65 bits per heavy atom. The topological polar surface area (TPSA) is 194 Å². The van der Waals surface area contributed by atoms with Crippen molar-refractivity contribution in [3.05, 3.63) is 112 Å². The first-order valence-corrected chi connectivity index (χ1v) is 12.6. The van der Waals surface area contributed by atoms with E-state index in [0.717, 1.165) is 5.52 Å². The van der Waals surface area contributed by atoms with Gasteiger partial charge in [0.15, 0.2) is 29.0 Å². The van der Waals surface area contributed by atoms with Crippen LogP contribution in [-0.4, -0.2) is 29.9 Å². The first-order valence-electron chi connectivity index (χ1n) is 12.6. The lowest BCUT2D eigenvalue weighted by atomic mass is 10.1. The monoisotopic (exact) mass is 556 g/mol. The van der Waals surface area contributed by atoms with Gasteiger partial charge < -0.3 is 9.40 Å². The zero-order valence-electron chi connectivity index (χ0n) is 21.7. The summed E-state index contributed by atoms with van der Waals surface area (Å²) in [7, 11) is 0. The molecule has 1 unspecified atom stereocenters. The minimum absolute atomic E-state index is 0.0407. The largest absolute Gasteiger partial charge is 0.434 e. The number of nitriles is 3. The van der Waals surface area contributed by atoms with Crippen LogP contribution in [0.2, 0.25) is 0 Å². The van der Waals surface area contributed by atoms with E-state index in [4.69, 9.17) is 11.0 Å². The molecule has 43 heavy (non-hydrogen) atoms. The highest BCUT2D eigenvalue weighted by Crippen LogP contribution is 2.28. The number of benzene rings is 3. The van der Waals surface area contributed by atoms with E-state index in [2.05, 4.69) is 56.9 Å². The lowest BCUT2D eigenvalue weighted by Gasteiger charge is -2.09. The van der Waals surface area contributed by atoms with Gasteiger partial charge in [0, 0.05) is 5.56 Å². The molecule has 3 aromatic carbocycles. The standard InChI is InChI=1S/C30H12N12O/c1-34-22(14-33)28-37-21-11-10-15(16(12-31)24(21)39-28)25-40-27(17(13-32)26-35-18-6-2-3-7-19(18)36-26)42-29(41-25)30-38-20-8-4-5-9-23(20)43-30/h2-11,17H,(H,35,36)/b28-22+. The summed E-state index contributed by atoms with van der Waals surface area (Å²) in [5, 5.41) is 30.2. The SMILES string of the molecule is [C-]#[N+]/C(C#N)=C1\N=c2ccc(-c3nc(-c4nc5ccccc5o4)nc(C(C#N)c4nc5ccccc5[nH]4)n3)c(C#N)c2=N1. The summed E-state index contributed by atoms with van der Waals surface area (Å²) < 4.78 is 5.93. The number of aromatic nitrogens is 6. The van der Waals surface area contributed by atoms with Crippen molar-refractivity contribution in [1.29, 1.82) is 15.8 Å². The maximum atomic E-state index is 10.3. The molecule has 0 amide bonds. The normalized spacial score (nSPS) is 13.6. The molecule has 0 spiro atoms. The van der Waals surface area contributed by atoms with Crippen LogP contribution < -0.4 is 10.7 Å². The molecule has 13 heteroatoms. The summed E-state index contributed by atoms with van der Waals surface area (Å²) in [5.41, 5.74) is 2.53. The summed E-state index contributed by atoms with van der Waals surface area (Å²) in [5.74, 6) is -0.564. The Balaban J connectivity index is 1.47. The van der Waals surface area contributed by atoms with Crippen LogP contribution in [0.1, 0.15) is 23.1 Å². The molecule has 0 aliphatic carbocycles. The Morgan fingerprint density at radius 3 is 2.40 bits per heavy atom. The van der Waals surface area contributed by atoms with Gasteiger partial charge >= 0.3 is 5.70 Å². The molecule has 1 atom stereocenters. The highest BCUT2D eigenvalue weighted by Gasteiger charge is 2.26. The van der Waals surface area contributed by atoms with Crippen LogP contribution in [0.4, 0.5) is 0 Å². The number of fused-ring (bicyclic) bond motifs is 3. The second-order valence-corrected chi connectivity index (χ2v) is 9.12. The molecule has 13 nitrogen and oxygen atoms in total. The van der Waals surface area contributed by atoms with E-state index in [-0.39, 0.29) is 51.4 Å². The highest BCUT2D eigenvalue weighted by atomic mass is 16.3. The van der Waals surface area contributed by atoms with Crippen molar-refractivity contribution in [3.8, 4) is 41.3 Å². The molecule has 0 fully saturated rings. The van der Waals surface area contributed by atoms with Crippen molar-refractivity contribution in [2.45, 2.75) is 5.92 Å². The number of hydrogen-bond acceptors (Lipinski definition) is 11. The number of nitrogens with zero attached hydrogens (tertiary/aromatic N) is 11.